The molecule has 4 aromatic carbocycles. The Bertz CT molecular complexity index is 1290. The van der Waals surface area contributed by atoms with Crippen molar-refractivity contribution in [2.45, 2.75) is 34.1 Å². The van der Waals surface area contributed by atoms with Crippen molar-refractivity contribution in [2.75, 3.05) is 4.90 Å². The summed E-state index contributed by atoms with van der Waals surface area (Å²) in [6.07, 6.45) is 9.45. The Morgan fingerprint density at radius 1 is 0.647 bits per heavy atom. The molecule has 1 nitrogen and oxygen atoms in total. The second kappa shape index (κ2) is 10.9. The maximum absolute atomic E-state index is 2.42. The number of rotatable bonds is 7. The normalized spacial score (nSPS) is 11.4. The molecule has 0 bridgehead atoms. The van der Waals surface area contributed by atoms with Crippen molar-refractivity contribution in [3.8, 4) is 0 Å². The van der Waals surface area contributed by atoms with Gasteiger partial charge in [0.1, 0.15) is 0 Å². The molecule has 0 saturated heterocycles. The second-order valence-electron chi connectivity index (χ2n) is 8.78. The minimum Gasteiger partial charge on any atom is -0.310 e. The van der Waals surface area contributed by atoms with Gasteiger partial charge in [0.2, 0.25) is 0 Å². The number of anilines is 3. The Balaban J connectivity index is 1.69. The van der Waals surface area contributed by atoms with Gasteiger partial charge in [-0.1, -0.05) is 110 Å². The highest BCUT2D eigenvalue weighted by atomic mass is 15.1. The van der Waals surface area contributed by atoms with Crippen LogP contribution >= 0.6 is 0 Å². The van der Waals surface area contributed by atoms with E-state index in [9.17, 15) is 0 Å². The average Bonchev–Trinajstić information content (AvgIpc) is 2.85. The largest absolute Gasteiger partial charge is 0.310 e. The van der Waals surface area contributed by atoms with Crippen LogP contribution < -0.4 is 4.90 Å². The van der Waals surface area contributed by atoms with Gasteiger partial charge in [-0.05, 0) is 73.2 Å². The molecule has 1 heteroatoms. The minimum absolute atomic E-state index is 0.993. The van der Waals surface area contributed by atoms with Crippen LogP contribution in [0.5, 0.6) is 0 Å². The molecule has 0 N–H and O–H groups in total. The number of hydrogen-bond acceptors (Lipinski definition) is 1. The topological polar surface area (TPSA) is 3.24 Å². The number of allylic oxidation sites excluding steroid dienone is 2. The van der Waals surface area contributed by atoms with E-state index in [2.05, 4.69) is 142 Å². The fourth-order valence-electron chi connectivity index (χ4n) is 4.40. The second-order valence-corrected chi connectivity index (χ2v) is 8.78. The van der Waals surface area contributed by atoms with Crippen LogP contribution in [0.25, 0.3) is 12.2 Å². The van der Waals surface area contributed by atoms with Crippen molar-refractivity contribution in [1.82, 2.24) is 0 Å². The maximum atomic E-state index is 2.42. The lowest BCUT2D eigenvalue weighted by molar-refractivity contribution is 1.10. The molecule has 0 spiro atoms. The maximum Gasteiger partial charge on any atom is 0.0522 e. The molecule has 0 heterocycles. The third-order valence-electron chi connectivity index (χ3n) is 6.16. The smallest absolute Gasteiger partial charge is 0.0522 e. The van der Waals surface area contributed by atoms with Gasteiger partial charge in [-0.25, -0.2) is 0 Å². The summed E-state index contributed by atoms with van der Waals surface area (Å²) in [5.41, 5.74) is 11.3. The minimum atomic E-state index is 0.993. The number of aryl methyl sites for hydroxylation is 4. The highest BCUT2D eigenvalue weighted by Gasteiger charge is 2.19. The summed E-state index contributed by atoms with van der Waals surface area (Å²) >= 11 is 0. The summed E-state index contributed by atoms with van der Waals surface area (Å²) in [6, 6.07) is 32.6. The van der Waals surface area contributed by atoms with E-state index >= 15 is 0 Å². The Morgan fingerprint density at radius 3 is 1.97 bits per heavy atom. The molecular formula is C33H33N. The zero-order valence-corrected chi connectivity index (χ0v) is 20.6. The molecule has 0 saturated carbocycles. The molecule has 0 radical (unpaired) electrons. The van der Waals surface area contributed by atoms with Crippen LogP contribution in [0.2, 0.25) is 0 Å². The lowest BCUT2D eigenvalue weighted by Crippen LogP contribution is -2.14. The standard InChI is InChI=1S/C33H33N/c1-5-30-17-11-12-26(3)33(30)34(32-23-18-25(2)24-27(32)4)31-21-19-29(20-22-31)16-10-9-15-28-13-7-6-8-14-28/h6-24H,5H2,1-4H3/b15-9+,16-10+. The fraction of sp³-hybridized carbons (Fsp3) is 0.152. The fourth-order valence-corrected chi connectivity index (χ4v) is 4.40. The third-order valence-corrected chi connectivity index (χ3v) is 6.16. The van der Waals surface area contributed by atoms with E-state index in [0.717, 1.165) is 6.42 Å². The van der Waals surface area contributed by atoms with Crippen molar-refractivity contribution in [3.05, 3.63) is 137 Å². The van der Waals surface area contributed by atoms with Crippen LogP contribution in [0.4, 0.5) is 17.1 Å². The van der Waals surface area contributed by atoms with Gasteiger partial charge < -0.3 is 4.90 Å². The highest BCUT2D eigenvalue weighted by Crippen LogP contribution is 2.40. The molecule has 0 unspecified atom stereocenters. The highest BCUT2D eigenvalue weighted by molar-refractivity contribution is 5.82. The van der Waals surface area contributed by atoms with E-state index in [1.165, 1.54) is 50.4 Å². The molecule has 0 aromatic heterocycles. The molecule has 0 fully saturated rings. The molecule has 4 aromatic rings. The Morgan fingerprint density at radius 2 is 1.32 bits per heavy atom. The Labute approximate surface area is 204 Å². The molecule has 0 aliphatic heterocycles. The summed E-state index contributed by atoms with van der Waals surface area (Å²) < 4.78 is 0. The lowest BCUT2D eigenvalue weighted by atomic mass is 10.0. The van der Waals surface area contributed by atoms with Crippen molar-refractivity contribution in [1.29, 1.82) is 0 Å². The van der Waals surface area contributed by atoms with E-state index < -0.39 is 0 Å². The SMILES string of the molecule is CCc1cccc(C)c1N(c1ccc(/C=C/C=C/c2ccccc2)cc1)c1ccc(C)cc1C. The van der Waals surface area contributed by atoms with E-state index in [-0.39, 0.29) is 0 Å². The van der Waals surface area contributed by atoms with Gasteiger partial charge in [-0.3, -0.25) is 0 Å². The summed E-state index contributed by atoms with van der Waals surface area (Å²) in [5, 5.41) is 0. The van der Waals surface area contributed by atoms with Gasteiger partial charge in [0, 0.05) is 11.4 Å². The van der Waals surface area contributed by atoms with Crippen LogP contribution in [-0.4, -0.2) is 0 Å². The summed E-state index contributed by atoms with van der Waals surface area (Å²) in [5.74, 6) is 0. The molecular weight excluding hydrogens is 410 g/mol. The van der Waals surface area contributed by atoms with Gasteiger partial charge in [0.05, 0.1) is 5.69 Å². The van der Waals surface area contributed by atoms with Crippen LogP contribution in [-0.2, 0) is 6.42 Å². The Kier molecular flexibility index (Phi) is 7.44. The summed E-state index contributed by atoms with van der Waals surface area (Å²) in [7, 11) is 0. The van der Waals surface area contributed by atoms with E-state index in [1.807, 2.05) is 6.07 Å². The van der Waals surface area contributed by atoms with Crippen LogP contribution in [0.15, 0.2) is 103 Å². The van der Waals surface area contributed by atoms with Gasteiger partial charge in [-0.15, -0.1) is 0 Å². The predicted molar refractivity (Wildman–Crippen MR) is 149 cm³/mol. The van der Waals surface area contributed by atoms with Crippen molar-refractivity contribution < 1.29 is 0 Å². The van der Waals surface area contributed by atoms with E-state index in [4.69, 9.17) is 0 Å². The molecule has 4 rings (SSSR count). The molecule has 170 valence electrons. The molecule has 34 heavy (non-hydrogen) atoms. The molecule has 0 aliphatic rings. The van der Waals surface area contributed by atoms with Gasteiger partial charge in [0.15, 0.2) is 0 Å². The van der Waals surface area contributed by atoms with Gasteiger partial charge in [-0.2, -0.15) is 0 Å². The lowest BCUT2D eigenvalue weighted by Gasteiger charge is -2.30. The van der Waals surface area contributed by atoms with Crippen molar-refractivity contribution >= 4 is 29.2 Å². The van der Waals surface area contributed by atoms with E-state index in [0.29, 0.717) is 0 Å². The average molecular weight is 444 g/mol. The first-order chi connectivity index (χ1) is 16.6. The number of para-hydroxylation sites is 1. The monoisotopic (exact) mass is 443 g/mol. The predicted octanol–water partition coefficient (Wildman–Crippen LogP) is 9.37. The zero-order valence-electron chi connectivity index (χ0n) is 20.6. The quantitative estimate of drug-likeness (QED) is 0.257. The first kappa shape index (κ1) is 23.3. The van der Waals surface area contributed by atoms with Crippen LogP contribution in [0.3, 0.4) is 0 Å². The van der Waals surface area contributed by atoms with Crippen LogP contribution in [0.1, 0.15) is 40.3 Å². The van der Waals surface area contributed by atoms with Crippen molar-refractivity contribution in [3.63, 3.8) is 0 Å². The third kappa shape index (κ3) is 5.38. The number of benzene rings is 4. The van der Waals surface area contributed by atoms with Gasteiger partial charge >= 0.3 is 0 Å². The summed E-state index contributed by atoms with van der Waals surface area (Å²) in [6.45, 7) is 8.80. The molecule has 0 aliphatic carbocycles. The van der Waals surface area contributed by atoms with Crippen LogP contribution in [0, 0.1) is 20.8 Å². The first-order valence-corrected chi connectivity index (χ1v) is 12.0. The Hall–Kier alpha value is -3.84. The molecule has 0 amide bonds. The van der Waals surface area contributed by atoms with Crippen molar-refractivity contribution in [2.24, 2.45) is 0 Å². The summed E-state index contributed by atoms with van der Waals surface area (Å²) in [4.78, 5) is 2.42. The van der Waals surface area contributed by atoms with E-state index in [1.54, 1.807) is 0 Å². The molecule has 0 atom stereocenters. The zero-order chi connectivity index (χ0) is 23.9. The van der Waals surface area contributed by atoms with Gasteiger partial charge in [0.25, 0.3) is 0 Å². The number of hydrogen-bond donors (Lipinski definition) is 0. The first-order valence-electron chi connectivity index (χ1n) is 12.0. The number of nitrogens with zero attached hydrogens (tertiary/aromatic N) is 1.